The molecule has 0 spiro atoms. The third-order valence-corrected chi connectivity index (χ3v) is 3.15. The van der Waals surface area contributed by atoms with Gasteiger partial charge in [-0.25, -0.2) is 4.39 Å². The molecule has 0 saturated carbocycles. The minimum atomic E-state index is -0.395. The van der Waals surface area contributed by atoms with Gasteiger partial charge in [0.2, 0.25) is 5.91 Å². The van der Waals surface area contributed by atoms with Gasteiger partial charge >= 0.3 is 0 Å². The van der Waals surface area contributed by atoms with Crippen LogP contribution in [0.3, 0.4) is 0 Å². The van der Waals surface area contributed by atoms with Crippen molar-refractivity contribution in [3.63, 3.8) is 0 Å². The summed E-state index contributed by atoms with van der Waals surface area (Å²) < 4.78 is 12.7. The van der Waals surface area contributed by atoms with Crippen molar-refractivity contribution in [3.05, 3.63) is 35.6 Å². The smallest absolute Gasteiger partial charge is 0.229 e. The highest BCUT2D eigenvalue weighted by Gasteiger charge is 2.19. The molecule has 0 bridgehead atoms. The van der Waals surface area contributed by atoms with Gasteiger partial charge < -0.3 is 11.1 Å². The van der Waals surface area contributed by atoms with Crippen LogP contribution in [0.2, 0.25) is 0 Å². The average molecular weight is 282 g/mol. The molecule has 0 aromatic heterocycles. The van der Waals surface area contributed by atoms with Crippen molar-refractivity contribution in [2.75, 3.05) is 6.54 Å². The van der Waals surface area contributed by atoms with Gasteiger partial charge in [0.1, 0.15) is 5.82 Å². The number of hydrogen-bond acceptors (Lipinski definition) is 2. The van der Waals surface area contributed by atoms with Crippen molar-refractivity contribution in [3.8, 4) is 0 Å². The van der Waals surface area contributed by atoms with Crippen LogP contribution in [0.5, 0.6) is 0 Å². The van der Waals surface area contributed by atoms with E-state index in [-0.39, 0.29) is 16.7 Å². The Balaban J connectivity index is 2.41. The largest absolute Gasteiger partial charge is 0.393 e. The highest BCUT2D eigenvalue weighted by atomic mass is 32.1. The second-order valence-electron chi connectivity index (χ2n) is 4.41. The Morgan fingerprint density at radius 1 is 1.42 bits per heavy atom. The predicted octanol–water partition coefficient (Wildman–Crippen LogP) is 2.19. The molecule has 0 aliphatic carbocycles. The Bertz CT molecular complexity index is 434. The lowest BCUT2D eigenvalue weighted by atomic mass is 10.0. The number of halogens is 1. The van der Waals surface area contributed by atoms with E-state index in [0.717, 1.165) is 12.0 Å². The number of nitrogens with one attached hydrogen (secondary N) is 1. The summed E-state index contributed by atoms with van der Waals surface area (Å²) in [7, 11) is 0. The Kier molecular flexibility index (Phi) is 6.42. The van der Waals surface area contributed by atoms with E-state index < -0.39 is 5.92 Å². The Morgan fingerprint density at radius 3 is 2.58 bits per heavy atom. The molecule has 0 aliphatic heterocycles. The van der Waals surface area contributed by atoms with Crippen LogP contribution in [0.25, 0.3) is 0 Å². The zero-order valence-electron chi connectivity index (χ0n) is 11.0. The van der Waals surface area contributed by atoms with Crippen molar-refractivity contribution >= 4 is 23.1 Å². The van der Waals surface area contributed by atoms with Crippen LogP contribution in [0.15, 0.2) is 24.3 Å². The van der Waals surface area contributed by atoms with Gasteiger partial charge in [-0.1, -0.05) is 37.7 Å². The molecule has 3 nitrogen and oxygen atoms in total. The molecule has 3 N–H and O–H groups in total. The van der Waals surface area contributed by atoms with Crippen LogP contribution >= 0.6 is 12.2 Å². The highest BCUT2D eigenvalue weighted by molar-refractivity contribution is 7.80. The van der Waals surface area contributed by atoms with E-state index in [0.29, 0.717) is 19.4 Å². The zero-order chi connectivity index (χ0) is 14.3. The molecule has 0 saturated heterocycles. The fourth-order valence-corrected chi connectivity index (χ4v) is 2.02. The maximum atomic E-state index is 12.7. The number of thiocarbonyl (C=S) groups is 1. The summed E-state index contributed by atoms with van der Waals surface area (Å²) >= 11 is 4.89. The van der Waals surface area contributed by atoms with E-state index in [1.807, 2.05) is 6.92 Å². The summed E-state index contributed by atoms with van der Waals surface area (Å²) in [4.78, 5) is 12.1. The number of hydrogen-bond donors (Lipinski definition) is 2. The Morgan fingerprint density at radius 2 is 2.05 bits per heavy atom. The molecular weight excluding hydrogens is 263 g/mol. The first-order valence-electron chi connectivity index (χ1n) is 6.36. The number of benzene rings is 1. The zero-order valence-corrected chi connectivity index (χ0v) is 11.8. The lowest BCUT2D eigenvalue weighted by molar-refractivity contribution is -0.123. The van der Waals surface area contributed by atoms with E-state index in [2.05, 4.69) is 5.32 Å². The first kappa shape index (κ1) is 15.6. The molecule has 0 fully saturated rings. The predicted molar refractivity (Wildman–Crippen MR) is 78.3 cm³/mol. The Hall–Kier alpha value is -1.49. The van der Waals surface area contributed by atoms with Gasteiger partial charge in [-0.2, -0.15) is 0 Å². The summed E-state index contributed by atoms with van der Waals surface area (Å²) in [6, 6.07) is 6.23. The molecule has 1 atom stereocenters. The van der Waals surface area contributed by atoms with Crippen molar-refractivity contribution in [1.29, 1.82) is 0 Å². The number of amides is 1. The standard InChI is InChI=1S/C14H19FN2OS/c1-2-3-12(13(16)19)14(18)17-9-8-10-4-6-11(15)7-5-10/h4-7,12H,2-3,8-9H2,1H3,(H2,16,19)(H,17,18). The van der Waals surface area contributed by atoms with Crippen molar-refractivity contribution in [1.82, 2.24) is 5.32 Å². The number of carbonyl (C=O) groups is 1. The van der Waals surface area contributed by atoms with Crippen LogP contribution in [0, 0.1) is 11.7 Å². The van der Waals surface area contributed by atoms with E-state index in [1.165, 1.54) is 12.1 Å². The maximum Gasteiger partial charge on any atom is 0.229 e. The molecule has 0 heterocycles. The molecule has 1 aromatic carbocycles. The van der Waals surface area contributed by atoms with Crippen LogP contribution in [-0.2, 0) is 11.2 Å². The van der Waals surface area contributed by atoms with E-state index in [4.69, 9.17) is 18.0 Å². The number of carbonyl (C=O) groups excluding carboxylic acids is 1. The molecule has 0 aliphatic rings. The summed E-state index contributed by atoms with van der Waals surface area (Å²) in [5, 5.41) is 2.81. The molecule has 19 heavy (non-hydrogen) atoms. The summed E-state index contributed by atoms with van der Waals surface area (Å²) in [6.07, 6.45) is 2.17. The van der Waals surface area contributed by atoms with Crippen LogP contribution < -0.4 is 11.1 Å². The molecule has 0 radical (unpaired) electrons. The first-order chi connectivity index (χ1) is 9.04. The number of rotatable bonds is 7. The molecule has 1 rings (SSSR count). The van der Waals surface area contributed by atoms with Crippen LogP contribution in [-0.4, -0.2) is 17.4 Å². The third kappa shape index (κ3) is 5.34. The van der Waals surface area contributed by atoms with Gasteiger partial charge in [0.15, 0.2) is 0 Å². The van der Waals surface area contributed by atoms with Gasteiger partial charge in [0.05, 0.1) is 10.9 Å². The van der Waals surface area contributed by atoms with Gasteiger partial charge in [0.25, 0.3) is 0 Å². The quantitative estimate of drug-likeness (QED) is 0.754. The summed E-state index contributed by atoms with van der Waals surface area (Å²) in [5.74, 6) is -0.783. The molecule has 5 heteroatoms. The Labute approximate surface area is 118 Å². The molecular formula is C14H19FN2OS. The average Bonchev–Trinajstić information content (AvgIpc) is 2.37. The van der Waals surface area contributed by atoms with Gasteiger partial charge in [-0.15, -0.1) is 0 Å². The topological polar surface area (TPSA) is 55.1 Å². The first-order valence-corrected chi connectivity index (χ1v) is 6.77. The van der Waals surface area contributed by atoms with Crippen LogP contribution in [0.1, 0.15) is 25.3 Å². The lowest BCUT2D eigenvalue weighted by Gasteiger charge is -2.14. The third-order valence-electron chi connectivity index (χ3n) is 2.86. The maximum absolute atomic E-state index is 12.7. The normalized spacial score (nSPS) is 11.9. The molecule has 1 amide bonds. The number of nitrogens with two attached hydrogens (primary N) is 1. The SMILES string of the molecule is CCCC(C(=O)NCCc1ccc(F)cc1)C(N)=S. The van der Waals surface area contributed by atoms with Crippen molar-refractivity contribution in [2.24, 2.45) is 11.7 Å². The monoisotopic (exact) mass is 282 g/mol. The van der Waals surface area contributed by atoms with E-state index in [1.54, 1.807) is 12.1 Å². The van der Waals surface area contributed by atoms with Crippen molar-refractivity contribution in [2.45, 2.75) is 26.2 Å². The second-order valence-corrected chi connectivity index (χ2v) is 4.88. The molecule has 1 unspecified atom stereocenters. The van der Waals surface area contributed by atoms with E-state index in [9.17, 15) is 9.18 Å². The minimum Gasteiger partial charge on any atom is -0.393 e. The fraction of sp³-hybridized carbons (Fsp3) is 0.429. The van der Waals surface area contributed by atoms with Gasteiger partial charge in [0, 0.05) is 6.54 Å². The van der Waals surface area contributed by atoms with Gasteiger partial charge in [-0.3, -0.25) is 4.79 Å². The molecule has 1 aromatic rings. The summed E-state index contributed by atoms with van der Waals surface area (Å²) in [5.41, 5.74) is 6.53. The van der Waals surface area contributed by atoms with Crippen LogP contribution in [0.4, 0.5) is 4.39 Å². The highest BCUT2D eigenvalue weighted by Crippen LogP contribution is 2.07. The van der Waals surface area contributed by atoms with Crippen molar-refractivity contribution < 1.29 is 9.18 Å². The minimum absolute atomic E-state index is 0.128. The van der Waals surface area contributed by atoms with E-state index >= 15 is 0 Å². The van der Waals surface area contributed by atoms with Gasteiger partial charge in [-0.05, 0) is 30.5 Å². The lowest BCUT2D eigenvalue weighted by Crippen LogP contribution is -2.38. The molecule has 104 valence electrons. The summed E-state index contributed by atoms with van der Waals surface area (Å²) in [6.45, 7) is 2.48. The second kappa shape index (κ2) is 7.84. The fourth-order valence-electron chi connectivity index (χ4n) is 1.80.